The molecule has 1 aliphatic heterocycles. The van der Waals surface area contributed by atoms with Crippen molar-refractivity contribution in [3.63, 3.8) is 0 Å². The Kier molecular flexibility index (Phi) is 4.96. The number of rotatable bonds is 2. The summed E-state index contributed by atoms with van der Waals surface area (Å²) in [5.41, 5.74) is 11.2. The zero-order valence-electron chi connectivity index (χ0n) is 24.3. The molecule has 4 nitrogen and oxygen atoms in total. The van der Waals surface area contributed by atoms with Crippen LogP contribution in [0.1, 0.15) is 0 Å². The maximum Gasteiger partial charge on any atom is 0.220 e. The van der Waals surface area contributed by atoms with Crippen molar-refractivity contribution in [2.45, 2.75) is 0 Å². The molecule has 9 aromatic rings. The van der Waals surface area contributed by atoms with Gasteiger partial charge in [-0.2, -0.15) is 0 Å². The van der Waals surface area contributed by atoms with Gasteiger partial charge >= 0.3 is 0 Å². The van der Waals surface area contributed by atoms with Crippen molar-refractivity contribution >= 4 is 60.9 Å². The van der Waals surface area contributed by atoms with Crippen LogP contribution in [0, 0.1) is 0 Å². The minimum Gasteiger partial charge on any atom is -0.309 e. The van der Waals surface area contributed by atoms with Gasteiger partial charge in [0.25, 0.3) is 0 Å². The lowest BCUT2D eigenvalue weighted by molar-refractivity contribution is 1.05. The highest BCUT2D eigenvalue weighted by Gasteiger charge is 2.30. The molecule has 45 heavy (non-hydrogen) atoms. The van der Waals surface area contributed by atoms with Crippen molar-refractivity contribution in [1.29, 1.82) is 0 Å². The Morgan fingerprint density at radius 1 is 0.400 bits per heavy atom. The lowest BCUT2D eigenvalue weighted by atomic mass is 9.97. The van der Waals surface area contributed by atoms with Crippen LogP contribution in [-0.4, -0.2) is 14.1 Å². The van der Waals surface area contributed by atoms with E-state index in [1.165, 1.54) is 38.2 Å². The predicted molar refractivity (Wildman–Crippen MR) is 187 cm³/mol. The van der Waals surface area contributed by atoms with Gasteiger partial charge in [-0.3, -0.25) is 9.47 Å². The number of para-hydroxylation sites is 5. The van der Waals surface area contributed by atoms with Crippen LogP contribution >= 0.6 is 0 Å². The van der Waals surface area contributed by atoms with E-state index in [4.69, 9.17) is 4.98 Å². The van der Waals surface area contributed by atoms with E-state index in [0.717, 1.165) is 45.2 Å². The highest BCUT2D eigenvalue weighted by atomic mass is 15.3. The Labute approximate surface area is 259 Å². The summed E-state index contributed by atoms with van der Waals surface area (Å²) in [5.74, 6) is 0.874. The van der Waals surface area contributed by atoms with Crippen LogP contribution < -0.4 is 4.90 Å². The molecule has 0 radical (unpaired) electrons. The largest absolute Gasteiger partial charge is 0.309 e. The maximum atomic E-state index is 5.33. The molecule has 210 valence electrons. The van der Waals surface area contributed by atoms with E-state index in [1.54, 1.807) is 0 Å². The highest BCUT2D eigenvalue weighted by Crippen LogP contribution is 2.49. The Morgan fingerprint density at radius 2 is 1.09 bits per heavy atom. The number of hydrogen-bond acceptors (Lipinski definition) is 2. The van der Waals surface area contributed by atoms with E-state index in [9.17, 15) is 0 Å². The smallest absolute Gasteiger partial charge is 0.220 e. The Hall–Kier alpha value is -6.13. The van der Waals surface area contributed by atoms with Crippen LogP contribution in [0.3, 0.4) is 0 Å². The van der Waals surface area contributed by atoms with Crippen LogP contribution in [0.5, 0.6) is 0 Å². The molecule has 0 aliphatic carbocycles. The van der Waals surface area contributed by atoms with Gasteiger partial charge in [0.2, 0.25) is 5.95 Å². The normalized spacial score (nSPS) is 12.4. The molecule has 3 heterocycles. The van der Waals surface area contributed by atoms with Crippen LogP contribution in [0.4, 0.5) is 17.3 Å². The molecule has 7 aromatic carbocycles. The third kappa shape index (κ3) is 3.45. The lowest BCUT2D eigenvalue weighted by Gasteiger charge is -2.24. The van der Waals surface area contributed by atoms with Gasteiger partial charge < -0.3 is 4.57 Å². The zero-order valence-corrected chi connectivity index (χ0v) is 24.3. The molecule has 10 rings (SSSR count). The van der Waals surface area contributed by atoms with Crippen LogP contribution in [0.2, 0.25) is 0 Å². The number of hydrogen-bond donors (Lipinski definition) is 0. The minimum atomic E-state index is 0.874. The summed E-state index contributed by atoms with van der Waals surface area (Å²) in [6.45, 7) is 0. The number of fused-ring (bicyclic) bond motifs is 11. The van der Waals surface area contributed by atoms with Crippen LogP contribution in [-0.2, 0) is 0 Å². The fourth-order valence-electron chi connectivity index (χ4n) is 7.24. The molecule has 0 saturated carbocycles. The summed E-state index contributed by atoms with van der Waals surface area (Å²) in [6, 6.07) is 56.6. The van der Waals surface area contributed by atoms with E-state index in [0.29, 0.717) is 0 Å². The fraction of sp³-hybridized carbons (Fsp3) is 0. The molecule has 0 N–H and O–H groups in total. The summed E-state index contributed by atoms with van der Waals surface area (Å²) >= 11 is 0. The lowest BCUT2D eigenvalue weighted by Crippen LogP contribution is -2.14. The molecule has 0 amide bonds. The third-order valence-corrected chi connectivity index (χ3v) is 9.21. The molecule has 4 heteroatoms. The first-order chi connectivity index (χ1) is 22.3. The standard InChI is InChI=1S/C41H26N4/c1-2-14-29(15-3-1)43-36-19-9-6-16-31(36)33-23-22-30(26-40(33)43)44-37-20-10-7-17-32(37)34-24-27-12-4-5-13-28(27)25-39(34)45-38-21-11-8-18-35(38)42-41(44)45/h1-26H. The van der Waals surface area contributed by atoms with E-state index in [2.05, 4.69) is 172 Å². The zero-order chi connectivity index (χ0) is 29.5. The SMILES string of the molecule is c1ccc(-n2c3ccccc3c3ccc(N4c5ccccc5-c5cc6ccccc6cc5-n5c4nc4ccccc45)cc32)cc1. The van der Waals surface area contributed by atoms with E-state index >= 15 is 0 Å². The third-order valence-electron chi connectivity index (χ3n) is 9.21. The van der Waals surface area contributed by atoms with Crippen molar-refractivity contribution in [1.82, 2.24) is 14.1 Å². The first kappa shape index (κ1) is 24.3. The van der Waals surface area contributed by atoms with Gasteiger partial charge in [0.05, 0.1) is 39.1 Å². The number of benzene rings is 7. The van der Waals surface area contributed by atoms with E-state index in [1.807, 2.05) is 0 Å². The summed E-state index contributed by atoms with van der Waals surface area (Å²) < 4.78 is 4.72. The molecule has 0 bridgehead atoms. The average Bonchev–Trinajstić information content (AvgIpc) is 3.61. The van der Waals surface area contributed by atoms with Gasteiger partial charge in [-0.05, 0) is 71.4 Å². The summed E-state index contributed by atoms with van der Waals surface area (Å²) in [5, 5.41) is 4.90. The number of aromatic nitrogens is 3. The van der Waals surface area contributed by atoms with Crippen molar-refractivity contribution in [3.8, 4) is 22.5 Å². The van der Waals surface area contributed by atoms with Crippen LogP contribution in [0.15, 0.2) is 158 Å². The van der Waals surface area contributed by atoms with Crippen LogP contribution in [0.25, 0.3) is 66.1 Å². The maximum absolute atomic E-state index is 5.33. The van der Waals surface area contributed by atoms with Crippen molar-refractivity contribution in [2.75, 3.05) is 4.90 Å². The van der Waals surface area contributed by atoms with Gasteiger partial charge in [-0.25, -0.2) is 4.98 Å². The van der Waals surface area contributed by atoms with Gasteiger partial charge in [-0.15, -0.1) is 0 Å². The number of nitrogens with zero attached hydrogens (tertiary/aromatic N) is 4. The molecule has 0 atom stereocenters. The second-order valence-corrected chi connectivity index (χ2v) is 11.7. The summed E-state index contributed by atoms with van der Waals surface area (Å²) in [7, 11) is 0. The van der Waals surface area contributed by atoms with E-state index in [-0.39, 0.29) is 0 Å². The second-order valence-electron chi connectivity index (χ2n) is 11.7. The fourth-order valence-corrected chi connectivity index (χ4v) is 7.24. The van der Waals surface area contributed by atoms with E-state index < -0.39 is 0 Å². The first-order valence-electron chi connectivity index (χ1n) is 15.3. The van der Waals surface area contributed by atoms with Gasteiger partial charge in [0, 0.05) is 27.6 Å². The molecule has 2 aromatic heterocycles. The quantitative estimate of drug-likeness (QED) is 0.205. The van der Waals surface area contributed by atoms with Crippen molar-refractivity contribution < 1.29 is 0 Å². The molecular formula is C41H26N4. The van der Waals surface area contributed by atoms with Gasteiger partial charge in [-0.1, -0.05) is 97.1 Å². The summed E-state index contributed by atoms with van der Waals surface area (Å²) in [6.07, 6.45) is 0. The Morgan fingerprint density at radius 3 is 1.98 bits per heavy atom. The molecular weight excluding hydrogens is 548 g/mol. The topological polar surface area (TPSA) is 26.0 Å². The minimum absolute atomic E-state index is 0.874. The molecule has 0 saturated heterocycles. The van der Waals surface area contributed by atoms with Crippen molar-refractivity contribution in [2.24, 2.45) is 0 Å². The Bertz CT molecular complexity index is 2610. The monoisotopic (exact) mass is 574 g/mol. The average molecular weight is 575 g/mol. The highest BCUT2D eigenvalue weighted by molar-refractivity contribution is 6.11. The van der Waals surface area contributed by atoms with Gasteiger partial charge in [0.1, 0.15) is 0 Å². The Balaban J connectivity index is 1.33. The van der Waals surface area contributed by atoms with Crippen molar-refractivity contribution in [3.05, 3.63) is 158 Å². The molecule has 0 fully saturated rings. The number of anilines is 3. The molecule has 1 aliphatic rings. The van der Waals surface area contributed by atoms with Gasteiger partial charge in [0.15, 0.2) is 0 Å². The molecule has 0 spiro atoms. The molecule has 0 unspecified atom stereocenters. The summed E-state index contributed by atoms with van der Waals surface area (Å²) in [4.78, 5) is 7.67. The predicted octanol–water partition coefficient (Wildman–Crippen LogP) is 10.7. The first-order valence-corrected chi connectivity index (χ1v) is 15.3. The second kappa shape index (κ2) is 9.18. The number of imidazole rings is 1.